The van der Waals surface area contributed by atoms with Crippen LogP contribution in [0.15, 0.2) is 72.8 Å². The van der Waals surface area contributed by atoms with Crippen molar-refractivity contribution in [3.63, 3.8) is 0 Å². The molecule has 2 bridgehead atoms. The lowest BCUT2D eigenvalue weighted by atomic mass is 9.84. The molecule has 1 amide bonds. The number of Topliss-reactive ketones (excluding diaryl/α,β-unsaturated/α-hetero) is 1. The Labute approximate surface area is 204 Å². The zero-order chi connectivity index (χ0) is 23.9. The summed E-state index contributed by atoms with van der Waals surface area (Å²) in [6.45, 7) is 0.312. The summed E-state index contributed by atoms with van der Waals surface area (Å²) >= 11 is 0. The number of carbonyl (C=O) groups is 2. The summed E-state index contributed by atoms with van der Waals surface area (Å²) in [6.07, 6.45) is 2.83. The molecule has 174 valence electrons. The van der Waals surface area contributed by atoms with Crippen molar-refractivity contribution in [2.24, 2.45) is 5.92 Å². The van der Waals surface area contributed by atoms with Crippen LogP contribution in [-0.4, -0.2) is 35.5 Å². The molecule has 0 spiro atoms. The Hall–Kier alpha value is -3.91. The normalized spacial score (nSPS) is 22.3. The molecule has 2 unspecified atom stereocenters. The van der Waals surface area contributed by atoms with E-state index in [0.29, 0.717) is 30.6 Å². The number of benzene rings is 3. The summed E-state index contributed by atoms with van der Waals surface area (Å²) in [7, 11) is 0. The summed E-state index contributed by atoms with van der Waals surface area (Å²) in [6, 6.07) is 25.7. The first-order chi connectivity index (χ1) is 17.1. The predicted octanol–water partition coefficient (Wildman–Crippen LogP) is 5.93. The van der Waals surface area contributed by atoms with Crippen LogP contribution >= 0.6 is 0 Å². The minimum absolute atomic E-state index is 0.0255. The topological polar surface area (TPSA) is 70.4 Å². The van der Waals surface area contributed by atoms with Crippen molar-refractivity contribution in [3.05, 3.63) is 95.1 Å². The summed E-state index contributed by atoms with van der Waals surface area (Å²) < 4.78 is 5.94. The maximum absolute atomic E-state index is 13.3. The first kappa shape index (κ1) is 21.6. The fourth-order valence-corrected chi connectivity index (χ4v) is 6.34. The Bertz CT molecular complexity index is 1300. The lowest BCUT2D eigenvalue weighted by Gasteiger charge is -2.37. The Kier molecular flexibility index (Phi) is 5.37. The second kappa shape index (κ2) is 8.70. The van der Waals surface area contributed by atoms with Gasteiger partial charge >= 0.3 is 6.09 Å². The van der Waals surface area contributed by atoms with Crippen molar-refractivity contribution in [3.8, 4) is 17.2 Å². The van der Waals surface area contributed by atoms with E-state index in [9.17, 15) is 9.59 Å². The molecule has 0 radical (unpaired) electrons. The molecule has 2 heterocycles. The second-order valence-corrected chi connectivity index (χ2v) is 9.82. The average Bonchev–Trinajstić information content (AvgIpc) is 3.37. The fourth-order valence-electron chi connectivity index (χ4n) is 6.34. The smallest absolute Gasteiger partial charge is 0.410 e. The molecule has 0 N–H and O–H groups in total. The highest BCUT2D eigenvalue weighted by Gasteiger charge is 2.46. The quantitative estimate of drug-likeness (QED) is 0.451. The fraction of sp³-hybridized carbons (Fsp3) is 0.300. The molecule has 0 saturated carbocycles. The second-order valence-electron chi connectivity index (χ2n) is 9.82. The number of nitrogens with zero attached hydrogens (tertiary/aromatic N) is 2. The van der Waals surface area contributed by atoms with Crippen molar-refractivity contribution in [2.75, 3.05) is 6.61 Å². The summed E-state index contributed by atoms with van der Waals surface area (Å²) in [4.78, 5) is 28.3. The van der Waals surface area contributed by atoms with Crippen LogP contribution in [0.25, 0.3) is 11.1 Å². The highest BCUT2D eigenvalue weighted by atomic mass is 16.6. The van der Waals surface area contributed by atoms with Crippen LogP contribution in [0.2, 0.25) is 0 Å². The number of hydrogen-bond acceptors (Lipinski definition) is 4. The van der Waals surface area contributed by atoms with Crippen molar-refractivity contribution in [1.82, 2.24) is 4.90 Å². The molecule has 5 heteroatoms. The standard InChI is InChI=1S/C30H26N2O3/c31-17-19-6-5-7-20(14-19)29(33)21-15-22-12-13-23(16-21)32(22)30(34)35-18-28-26-10-3-1-8-24(26)25-9-2-4-11-27(25)28/h1-11,14,21-23,28H,12-13,15-16,18H2. The van der Waals surface area contributed by atoms with E-state index in [4.69, 9.17) is 10.00 Å². The summed E-state index contributed by atoms with van der Waals surface area (Å²) in [5.74, 6) is -0.0132. The molecule has 1 aliphatic carbocycles. The van der Waals surface area contributed by atoms with E-state index in [1.54, 1.807) is 24.3 Å². The SMILES string of the molecule is N#Cc1cccc(C(=O)C2CC3CCC(C2)N3C(=O)OCC2c3ccccc3-c3ccccc32)c1. The van der Waals surface area contributed by atoms with Gasteiger partial charge in [0.25, 0.3) is 0 Å². The predicted molar refractivity (Wildman–Crippen MR) is 132 cm³/mol. The number of carbonyl (C=O) groups excluding carboxylic acids is 2. The van der Waals surface area contributed by atoms with Crippen LogP contribution in [0.3, 0.4) is 0 Å². The average molecular weight is 463 g/mol. The van der Waals surface area contributed by atoms with Crippen LogP contribution in [0.5, 0.6) is 0 Å². The van der Waals surface area contributed by atoms with Gasteiger partial charge in [0.2, 0.25) is 0 Å². The van der Waals surface area contributed by atoms with E-state index < -0.39 is 0 Å². The zero-order valence-corrected chi connectivity index (χ0v) is 19.4. The van der Waals surface area contributed by atoms with Gasteiger partial charge < -0.3 is 9.64 Å². The highest BCUT2D eigenvalue weighted by molar-refractivity contribution is 5.98. The Morgan fingerprint density at radius 1 is 0.886 bits per heavy atom. The highest BCUT2D eigenvalue weighted by Crippen LogP contribution is 2.45. The van der Waals surface area contributed by atoms with Crippen LogP contribution in [0, 0.1) is 17.2 Å². The molecule has 2 atom stereocenters. The van der Waals surface area contributed by atoms with Crippen LogP contribution in [-0.2, 0) is 4.74 Å². The van der Waals surface area contributed by atoms with Gasteiger partial charge in [-0.3, -0.25) is 4.79 Å². The molecule has 3 aromatic rings. The van der Waals surface area contributed by atoms with Gasteiger partial charge in [0.05, 0.1) is 11.6 Å². The first-order valence-corrected chi connectivity index (χ1v) is 12.3. The Balaban J connectivity index is 1.14. The molecular formula is C30H26N2O3. The van der Waals surface area contributed by atoms with E-state index in [2.05, 4.69) is 30.3 Å². The lowest BCUT2D eigenvalue weighted by molar-refractivity contribution is 0.0506. The molecular weight excluding hydrogens is 436 g/mol. The molecule has 3 aliphatic rings. The minimum Gasteiger partial charge on any atom is -0.448 e. The third kappa shape index (κ3) is 3.70. The van der Waals surface area contributed by atoms with Crippen molar-refractivity contribution < 1.29 is 14.3 Å². The Morgan fingerprint density at radius 3 is 2.14 bits per heavy atom. The van der Waals surface area contributed by atoms with Gasteiger partial charge in [0, 0.05) is 29.5 Å². The summed E-state index contributed by atoms with van der Waals surface area (Å²) in [5, 5.41) is 9.16. The number of fused-ring (bicyclic) bond motifs is 5. The number of hydrogen-bond donors (Lipinski definition) is 0. The maximum atomic E-state index is 13.3. The largest absolute Gasteiger partial charge is 0.448 e. The van der Waals surface area contributed by atoms with Crippen LogP contribution < -0.4 is 0 Å². The molecule has 5 nitrogen and oxygen atoms in total. The van der Waals surface area contributed by atoms with Crippen molar-refractivity contribution in [1.29, 1.82) is 5.26 Å². The molecule has 3 aromatic carbocycles. The van der Waals surface area contributed by atoms with Gasteiger partial charge in [0.1, 0.15) is 6.61 Å². The van der Waals surface area contributed by atoms with Gasteiger partial charge in [-0.2, -0.15) is 5.26 Å². The summed E-state index contributed by atoms with van der Waals surface area (Å²) in [5.41, 5.74) is 5.91. The molecule has 0 aromatic heterocycles. The number of ketones is 1. The molecule has 2 aliphatic heterocycles. The molecule has 2 saturated heterocycles. The van der Waals surface area contributed by atoms with Crippen molar-refractivity contribution >= 4 is 11.9 Å². The van der Waals surface area contributed by atoms with Gasteiger partial charge in [0.15, 0.2) is 5.78 Å². The van der Waals surface area contributed by atoms with Gasteiger partial charge in [-0.25, -0.2) is 4.79 Å². The first-order valence-electron chi connectivity index (χ1n) is 12.3. The minimum atomic E-state index is -0.267. The number of ether oxygens (including phenoxy) is 1. The number of rotatable bonds is 4. The zero-order valence-electron chi connectivity index (χ0n) is 19.4. The van der Waals surface area contributed by atoms with E-state index in [-0.39, 0.29) is 35.8 Å². The maximum Gasteiger partial charge on any atom is 0.410 e. The lowest BCUT2D eigenvalue weighted by Crippen LogP contribution is -2.48. The number of nitriles is 1. The van der Waals surface area contributed by atoms with Gasteiger partial charge in [-0.1, -0.05) is 60.7 Å². The third-order valence-corrected chi connectivity index (χ3v) is 7.93. The van der Waals surface area contributed by atoms with Crippen molar-refractivity contribution in [2.45, 2.75) is 43.7 Å². The van der Waals surface area contributed by atoms with Crippen LogP contribution in [0.4, 0.5) is 4.79 Å². The van der Waals surface area contributed by atoms with E-state index in [0.717, 1.165) is 12.8 Å². The van der Waals surface area contributed by atoms with Crippen LogP contribution in [0.1, 0.15) is 58.6 Å². The van der Waals surface area contributed by atoms with E-state index >= 15 is 0 Å². The molecule has 6 rings (SSSR count). The number of amides is 1. The molecule has 35 heavy (non-hydrogen) atoms. The monoisotopic (exact) mass is 462 g/mol. The van der Waals surface area contributed by atoms with Gasteiger partial charge in [-0.15, -0.1) is 0 Å². The van der Waals surface area contributed by atoms with Gasteiger partial charge in [-0.05, 0) is 60.1 Å². The Morgan fingerprint density at radius 2 is 1.51 bits per heavy atom. The third-order valence-electron chi connectivity index (χ3n) is 7.93. The number of piperidine rings is 1. The van der Waals surface area contributed by atoms with E-state index in [1.165, 1.54) is 22.3 Å². The van der Waals surface area contributed by atoms with E-state index in [1.807, 2.05) is 29.2 Å². The molecule has 2 fully saturated rings.